The van der Waals surface area contributed by atoms with E-state index in [2.05, 4.69) is 146 Å². The third-order valence-corrected chi connectivity index (χ3v) is 14.8. The van der Waals surface area contributed by atoms with Crippen LogP contribution in [-0.2, 0) is 14.5 Å². The van der Waals surface area contributed by atoms with Gasteiger partial charge in [0.05, 0.1) is 0 Å². The number of benzene rings is 6. The Bertz CT molecular complexity index is 1560. The van der Waals surface area contributed by atoms with Crippen LogP contribution < -0.4 is 15.9 Å². The zero-order valence-corrected chi connectivity index (χ0v) is 24.5. The van der Waals surface area contributed by atoms with Crippen LogP contribution in [0.25, 0.3) is 0 Å². The summed E-state index contributed by atoms with van der Waals surface area (Å²) >= 11 is 0. The van der Waals surface area contributed by atoms with Gasteiger partial charge in [0.15, 0.2) is 0 Å². The third-order valence-electron chi connectivity index (χ3n) is 8.27. The van der Waals surface area contributed by atoms with Gasteiger partial charge in [0, 0.05) is 0 Å². The zero-order valence-electron chi connectivity index (χ0n) is 23.6. The monoisotopic (exact) mass is 564 g/mol. The van der Waals surface area contributed by atoms with Crippen molar-refractivity contribution in [3.63, 3.8) is 0 Å². The first-order valence-electron chi connectivity index (χ1n) is 14.2. The first kappa shape index (κ1) is 27.4. The summed E-state index contributed by atoms with van der Waals surface area (Å²) in [5.74, 6) is -0.337. The van der Waals surface area contributed by atoms with E-state index in [0.717, 1.165) is 32.6 Å². The molecule has 3 heteroatoms. The third kappa shape index (κ3) is 3.87. The standard InChI is InChI=1S/C39H33O2P/c1-32(40)41-42(36-26-14-5-15-27-36,37-28-16-6-17-29-37,38-30-18-7-19-31-38)39(33-20-8-2-9-21-33,34-22-10-3-11-23-34)35-24-12-4-13-25-35/h2-31H,1H3. The average Bonchev–Trinajstić information content (AvgIpc) is 3.07. The van der Waals surface area contributed by atoms with E-state index in [4.69, 9.17) is 4.52 Å². The molecule has 0 atom stereocenters. The van der Waals surface area contributed by atoms with E-state index in [1.807, 2.05) is 36.4 Å². The molecule has 0 aliphatic heterocycles. The van der Waals surface area contributed by atoms with Crippen LogP contribution in [0.15, 0.2) is 182 Å². The predicted octanol–water partition coefficient (Wildman–Crippen LogP) is 7.99. The molecule has 0 saturated carbocycles. The zero-order chi connectivity index (χ0) is 28.9. The van der Waals surface area contributed by atoms with Gasteiger partial charge in [-0.25, -0.2) is 0 Å². The normalized spacial score (nSPS) is 12.5. The van der Waals surface area contributed by atoms with Gasteiger partial charge in [-0.15, -0.1) is 0 Å². The average molecular weight is 565 g/mol. The van der Waals surface area contributed by atoms with Gasteiger partial charge in [0.1, 0.15) is 0 Å². The van der Waals surface area contributed by atoms with Gasteiger partial charge in [0.25, 0.3) is 0 Å². The van der Waals surface area contributed by atoms with Crippen molar-refractivity contribution in [3.05, 3.63) is 199 Å². The van der Waals surface area contributed by atoms with Crippen LogP contribution in [-0.4, -0.2) is 5.97 Å². The van der Waals surface area contributed by atoms with E-state index in [1.165, 1.54) is 0 Å². The van der Waals surface area contributed by atoms with Crippen LogP contribution >= 0.6 is 6.83 Å². The molecule has 0 aliphatic carbocycles. The number of carbonyl (C=O) groups excluding carboxylic acids is 1. The van der Waals surface area contributed by atoms with Crippen molar-refractivity contribution < 1.29 is 9.32 Å². The second kappa shape index (κ2) is 11.2. The summed E-state index contributed by atoms with van der Waals surface area (Å²) in [6.45, 7) is -2.90. The molecular weight excluding hydrogens is 531 g/mol. The maximum absolute atomic E-state index is 13.9. The summed E-state index contributed by atoms with van der Waals surface area (Å²) in [7, 11) is 0. The van der Waals surface area contributed by atoms with E-state index in [9.17, 15) is 4.79 Å². The quantitative estimate of drug-likeness (QED) is 0.138. The molecule has 6 rings (SSSR count). The molecule has 0 spiro atoms. The number of hydrogen-bond donors (Lipinski definition) is 0. The Morgan fingerprint density at radius 1 is 0.429 bits per heavy atom. The van der Waals surface area contributed by atoms with Gasteiger partial charge >= 0.3 is 249 Å². The predicted molar refractivity (Wildman–Crippen MR) is 176 cm³/mol. The molecule has 0 N–H and O–H groups in total. The molecule has 0 heterocycles. The van der Waals surface area contributed by atoms with Crippen LogP contribution in [0, 0.1) is 0 Å². The molecule has 0 fully saturated rings. The van der Waals surface area contributed by atoms with Gasteiger partial charge < -0.3 is 0 Å². The van der Waals surface area contributed by atoms with Crippen LogP contribution in [0.5, 0.6) is 0 Å². The SMILES string of the molecule is CC(=O)OP(c1ccccc1)(c1ccccc1)(c1ccccc1)C(c1ccccc1)(c1ccccc1)c1ccccc1. The van der Waals surface area contributed by atoms with Crippen LogP contribution in [0.2, 0.25) is 0 Å². The molecule has 0 unspecified atom stereocenters. The summed E-state index contributed by atoms with van der Waals surface area (Å²) in [5.41, 5.74) is 3.12. The van der Waals surface area contributed by atoms with E-state index >= 15 is 0 Å². The van der Waals surface area contributed by atoms with Crippen LogP contribution in [0.3, 0.4) is 0 Å². The molecule has 0 bridgehead atoms. The molecule has 6 aromatic rings. The first-order chi connectivity index (χ1) is 20.6. The Hall–Kier alpha value is -4.78. The van der Waals surface area contributed by atoms with E-state index in [-0.39, 0.29) is 5.97 Å². The molecule has 42 heavy (non-hydrogen) atoms. The van der Waals surface area contributed by atoms with Crippen LogP contribution in [0.4, 0.5) is 0 Å². The second-order valence-corrected chi connectivity index (χ2v) is 14.9. The van der Waals surface area contributed by atoms with Crippen molar-refractivity contribution in [1.29, 1.82) is 0 Å². The first-order valence-corrected chi connectivity index (χ1v) is 16.4. The van der Waals surface area contributed by atoms with Gasteiger partial charge in [-0.2, -0.15) is 0 Å². The Morgan fingerprint density at radius 3 is 0.905 bits per heavy atom. The van der Waals surface area contributed by atoms with Crippen molar-refractivity contribution in [1.82, 2.24) is 0 Å². The number of rotatable bonds is 8. The summed E-state index contributed by atoms with van der Waals surface area (Å²) in [6, 6.07) is 62.9. The molecule has 206 valence electrons. The molecule has 0 amide bonds. The van der Waals surface area contributed by atoms with Gasteiger partial charge in [-0.05, 0) is 0 Å². The van der Waals surface area contributed by atoms with Gasteiger partial charge in [-0.3, -0.25) is 0 Å². The van der Waals surface area contributed by atoms with Crippen molar-refractivity contribution >= 4 is 28.7 Å². The van der Waals surface area contributed by atoms with E-state index in [0.29, 0.717) is 0 Å². The molecule has 0 aromatic heterocycles. The molecule has 2 nitrogen and oxygen atoms in total. The topological polar surface area (TPSA) is 26.3 Å². The molecule has 6 aromatic carbocycles. The fourth-order valence-corrected chi connectivity index (χ4v) is 14.1. The summed E-state index contributed by atoms with van der Waals surface area (Å²) in [6.07, 6.45) is 0. The second-order valence-electron chi connectivity index (χ2n) is 10.4. The Kier molecular flexibility index (Phi) is 7.33. The van der Waals surface area contributed by atoms with E-state index < -0.39 is 12.0 Å². The fourth-order valence-electron chi connectivity index (χ4n) is 6.93. The molecular formula is C39H33O2P. The molecule has 0 saturated heterocycles. The Morgan fingerprint density at radius 2 is 0.667 bits per heavy atom. The van der Waals surface area contributed by atoms with Gasteiger partial charge in [-0.1, -0.05) is 0 Å². The van der Waals surface area contributed by atoms with Crippen LogP contribution in [0.1, 0.15) is 23.6 Å². The Labute approximate surface area is 248 Å². The summed E-state index contributed by atoms with van der Waals surface area (Å²) in [4.78, 5) is 13.9. The summed E-state index contributed by atoms with van der Waals surface area (Å²) in [5, 5.41) is 1.92. The van der Waals surface area contributed by atoms with Crippen molar-refractivity contribution in [2.75, 3.05) is 0 Å². The minimum absolute atomic E-state index is 0.337. The minimum atomic E-state index is -4.45. The number of carbonyl (C=O) groups is 1. The van der Waals surface area contributed by atoms with Crippen molar-refractivity contribution in [3.8, 4) is 0 Å². The van der Waals surface area contributed by atoms with Crippen molar-refractivity contribution in [2.24, 2.45) is 0 Å². The maximum atomic E-state index is 13.9. The van der Waals surface area contributed by atoms with Crippen molar-refractivity contribution in [2.45, 2.75) is 12.1 Å². The fraction of sp³-hybridized carbons (Fsp3) is 0.0513. The Balaban J connectivity index is 2.06. The summed E-state index contributed by atoms with van der Waals surface area (Å²) < 4.78 is 7.40. The van der Waals surface area contributed by atoms with E-state index in [1.54, 1.807) is 6.92 Å². The molecule has 0 aliphatic rings. The molecule has 0 radical (unpaired) electrons. The number of hydrogen-bond acceptors (Lipinski definition) is 2. The van der Waals surface area contributed by atoms with Gasteiger partial charge in [0.2, 0.25) is 0 Å².